The Morgan fingerprint density at radius 3 is 1.38 bits per heavy atom. The quantitative estimate of drug-likeness (QED) is 0.629. The molecule has 1 aliphatic rings. The summed E-state index contributed by atoms with van der Waals surface area (Å²) in [5.74, 6) is 0. The van der Waals surface area contributed by atoms with Crippen molar-refractivity contribution in [2.45, 2.75) is 6.42 Å². The van der Waals surface area contributed by atoms with E-state index in [2.05, 4.69) is 109 Å². The minimum atomic E-state index is 0.893. The van der Waals surface area contributed by atoms with Crippen LogP contribution in [0.1, 0.15) is 6.42 Å². The zero-order chi connectivity index (χ0) is 17.9. The molecule has 0 aliphatic carbocycles. The van der Waals surface area contributed by atoms with Crippen LogP contribution in [0, 0.1) is 0 Å². The highest BCUT2D eigenvalue weighted by molar-refractivity contribution is 4.89. The zero-order valence-electron chi connectivity index (χ0n) is 16.4. The molecule has 1 rings (SSSR count). The van der Waals surface area contributed by atoms with E-state index in [0.29, 0.717) is 0 Å². The SMILES string of the molecule is CN(C)C=CCN1CCCN(CC=CN(C)C)N1CC=CN(C)C. The summed E-state index contributed by atoms with van der Waals surface area (Å²) in [6.07, 6.45) is 14.2. The fraction of sp³-hybridized carbons (Fsp3) is 0.667. The normalized spacial score (nSPS) is 18.2. The Morgan fingerprint density at radius 1 is 0.625 bits per heavy atom. The summed E-state index contributed by atoms with van der Waals surface area (Å²) in [6.45, 7) is 4.95. The van der Waals surface area contributed by atoms with Gasteiger partial charge in [0, 0.05) is 75.0 Å². The van der Waals surface area contributed by atoms with Crippen molar-refractivity contribution in [2.75, 3.05) is 75.0 Å². The van der Waals surface area contributed by atoms with Gasteiger partial charge in [-0.15, -0.1) is 0 Å². The van der Waals surface area contributed by atoms with Crippen LogP contribution in [0.5, 0.6) is 0 Å². The average molecular weight is 337 g/mol. The summed E-state index contributed by atoms with van der Waals surface area (Å²) in [5.41, 5.74) is 0. The number of hydrogen-bond acceptors (Lipinski definition) is 6. The van der Waals surface area contributed by atoms with Crippen LogP contribution in [0.3, 0.4) is 0 Å². The molecule has 0 atom stereocenters. The molecule has 0 radical (unpaired) electrons. The van der Waals surface area contributed by atoms with Crippen LogP contribution < -0.4 is 0 Å². The summed E-state index contributed by atoms with van der Waals surface area (Å²) in [6, 6.07) is 0. The summed E-state index contributed by atoms with van der Waals surface area (Å²) in [7, 11) is 12.3. The van der Waals surface area contributed by atoms with Crippen LogP contribution in [0.4, 0.5) is 0 Å². The smallest absolute Gasteiger partial charge is 0.0491 e. The van der Waals surface area contributed by atoms with E-state index in [0.717, 1.165) is 32.7 Å². The molecule has 138 valence electrons. The van der Waals surface area contributed by atoms with E-state index in [4.69, 9.17) is 0 Å². The standard InChI is InChI=1S/C18H36N6/c1-19(2)11-7-14-22-16-10-17-23(15-8-12-20(3)4)24(22)18-9-13-21(5)6/h7-9,11-13H,10,14-18H2,1-6H3. The molecule has 6 heteroatoms. The van der Waals surface area contributed by atoms with Crippen molar-refractivity contribution in [3.8, 4) is 0 Å². The van der Waals surface area contributed by atoms with Crippen LogP contribution in [-0.2, 0) is 0 Å². The Balaban J connectivity index is 2.74. The predicted octanol–water partition coefficient (Wildman–Crippen LogP) is 1.35. The van der Waals surface area contributed by atoms with Crippen molar-refractivity contribution in [1.82, 2.24) is 29.8 Å². The second kappa shape index (κ2) is 11.1. The van der Waals surface area contributed by atoms with Gasteiger partial charge in [-0.05, 0) is 25.0 Å². The monoisotopic (exact) mass is 336 g/mol. The summed E-state index contributed by atoms with van der Waals surface area (Å²) >= 11 is 0. The second-order valence-corrected chi connectivity index (χ2v) is 6.78. The zero-order valence-corrected chi connectivity index (χ0v) is 16.4. The topological polar surface area (TPSA) is 19.4 Å². The summed E-state index contributed by atoms with van der Waals surface area (Å²) in [4.78, 5) is 6.24. The lowest BCUT2D eigenvalue weighted by molar-refractivity contribution is -0.194. The molecular formula is C18H36N6. The van der Waals surface area contributed by atoms with Gasteiger partial charge < -0.3 is 14.7 Å². The van der Waals surface area contributed by atoms with Crippen LogP contribution in [0.25, 0.3) is 0 Å². The first-order valence-corrected chi connectivity index (χ1v) is 8.66. The first-order chi connectivity index (χ1) is 11.4. The van der Waals surface area contributed by atoms with Gasteiger partial charge in [0.25, 0.3) is 0 Å². The van der Waals surface area contributed by atoms with Crippen molar-refractivity contribution < 1.29 is 0 Å². The third-order valence-corrected chi connectivity index (χ3v) is 3.60. The molecule has 6 nitrogen and oxygen atoms in total. The first-order valence-electron chi connectivity index (χ1n) is 8.66. The molecule has 0 saturated carbocycles. The molecule has 0 unspecified atom stereocenters. The van der Waals surface area contributed by atoms with Crippen molar-refractivity contribution in [1.29, 1.82) is 0 Å². The molecule has 0 spiro atoms. The van der Waals surface area contributed by atoms with Gasteiger partial charge in [0.2, 0.25) is 0 Å². The third kappa shape index (κ3) is 8.38. The van der Waals surface area contributed by atoms with E-state index in [1.165, 1.54) is 6.42 Å². The van der Waals surface area contributed by atoms with Gasteiger partial charge in [-0.3, -0.25) is 0 Å². The first kappa shape index (κ1) is 20.5. The highest BCUT2D eigenvalue weighted by Gasteiger charge is 2.24. The molecule has 0 bridgehead atoms. The lowest BCUT2D eigenvalue weighted by Gasteiger charge is -2.45. The number of hydrazine groups is 2. The lowest BCUT2D eigenvalue weighted by Crippen LogP contribution is -2.58. The van der Waals surface area contributed by atoms with Crippen molar-refractivity contribution in [3.63, 3.8) is 0 Å². The van der Waals surface area contributed by atoms with E-state index in [1.54, 1.807) is 0 Å². The maximum Gasteiger partial charge on any atom is 0.0491 e. The molecule has 0 amide bonds. The van der Waals surface area contributed by atoms with E-state index < -0.39 is 0 Å². The summed E-state index contributed by atoms with van der Waals surface area (Å²) < 4.78 is 0. The predicted molar refractivity (Wildman–Crippen MR) is 103 cm³/mol. The fourth-order valence-electron chi connectivity index (χ4n) is 2.56. The minimum Gasteiger partial charge on any atom is -0.384 e. The lowest BCUT2D eigenvalue weighted by atomic mass is 10.3. The van der Waals surface area contributed by atoms with Gasteiger partial charge in [-0.1, -0.05) is 18.2 Å². The highest BCUT2D eigenvalue weighted by Crippen LogP contribution is 2.13. The highest BCUT2D eigenvalue weighted by atomic mass is 15.9. The van der Waals surface area contributed by atoms with Crippen LogP contribution in [0.2, 0.25) is 0 Å². The van der Waals surface area contributed by atoms with E-state index in [9.17, 15) is 0 Å². The van der Waals surface area contributed by atoms with Gasteiger partial charge in [0.15, 0.2) is 0 Å². The molecule has 1 aliphatic heterocycles. The Bertz CT molecular complexity index is 386. The minimum absolute atomic E-state index is 0.893. The van der Waals surface area contributed by atoms with Crippen LogP contribution in [-0.4, -0.2) is 105 Å². The Labute approximate surface area is 148 Å². The van der Waals surface area contributed by atoms with Gasteiger partial charge in [-0.2, -0.15) is 5.12 Å². The molecular weight excluding hydrogens is 300 g/mol. The van der Waals surface area contributed by atoms with E-state index in [1.807, 2.05) is 0 Å². The second-order valence-electron chi connectivity index (χ2n) is 6.78. The molecule has 24 heavy (non-hydrogen) atoms. The molecule has 1 fully saturated rings. The van der Waals surface area contributed by atoms with Crippen LogP contribution >= 0.6 is 0 Å². The number of nitrogens with zero attached hydrogens (tertiary/aromatic N) is 6. The maximum absolute atomic E-state index is 2.42. The van der Waals surface area contributed by atoms with Crippen molar-refractivity contribution in [3.05, 3.63) is 36.8 Å². The van der Waals surface area contributed by atoms with Crippen molar-refractivity contribution >= 4 is 0 Å². The third-order valence-electron chi connectivity index (χ3n) is 3.60. The van der Waals surface area contributed by atoms with Gasteiger partial charge in [-0.25, -0.2) is 10.0 Å². The molecule has 1 saturated heterocycles. The Morgan fingerprint density at radius 2 is 1.00 bits per heavy atom. The van der Waals surface area contributed by atoms with Gasteiger partial charge >= 0.3 is 0 Å². The molecule has 0 N–H and O–H groups in total. The summed E-state index contributed by atoms with van der Waals surface area (Å²) in [5, 5.41) is 7.23. The van der Waals surface area contributed by atoms with E-state index >= 15 is 0 Å². The molecule has 0 aromatic heterocycles. The number of hydrogen-bond donors (Lipinski definition) is 0. The average Bonchev–Trinajstić information content (AvgIpc) is 2.48. The Hall–Kier alpha value is -1.50. The van der Waals surface area contributed by atoms with Crippen LogP contribution in [0.15, 0.2) is 36.8 Å². The van der Waals surface area contributed by atoms with Gasteiger partial charge in [0.1, 0.15) is 0 Å². The fourth-order valence-corrected chi connectivity index (χ4v) is 2.56. The molecule has 0 aromatic rings. The Kier molecular flexibility index (Phi) is 9.52. The molecule has 1 heterocycles. The van der Waals surface area contributed by atoms with Crippen molar-refractivity contribution in [2.24, 2.45) is 0 Å². The molecule has 0 aromatic carbocycles. The largest absolute Gasteiger partial charge is 0.384 e. The maximum atomic E-state index is 2.42. The van der Waals surface area contributed by atoms with Gasteiger partial charge in [0.05, 0.1) is 0 Å². The van der Waals surface area contributed by atoms with E-state index in [-0.39, 0.29) is 0 Å². The number of rotatable bonds is 9.